The van der Waals surface area contributed by atoms with Crippen LogP contribution in [-0.4, -0.2) is 50.3 Å². The molecular formula is C14H19N3O4. The number of nitrogens with zero attached hydrogens (tertiary/aromatic N) is 2. The minimum absolute atomic E-state index is 0.0711. The van der Waals surface area contributed by atoms with Crippen LogP contribution >= 0.6 is 0 Å². The van der Waals surface area contributed by atoms with E-state index in [0.717, 1.165) is 18.9 Å². The molecule has 0 radical (unpaired) electrons. The maximum absolute atomic E-state index is 11.6. The molecule has 114 valence electrons. The Bertz CT molecular complexity index is 483. The van der Waals surface area contributed by atoms with E-state index in [4.69, 9.17) is 4.74 Å². The summed E-state index contributed by atoms with van der Waals surface area (Å²) in [7, 11) is 1.30. The number of rotatable bonds is 5. The molecule has 7 nitrogen and oxygen atoms in total. The zero-order valence-electron chi connectivity index (χ0n) is 12.0. The smallest absolute Gasteiger partial charge is 0.306 e. The molecule has 0 aromatic carbocycles. The van der Waals surface area contributed by atoms with Crippen LogP contribution in [0.2, 0.25) is 0 Å². The molecule has 2 rings (SSSR count). The monoisotopic (exact) mass is 293 g/mol. The molecule has 1 aliphatic rings. The average Bonchev–Trinajstić information content (AvgIpc) is 2.54. The third kappa shape index (κ3) is 4.71. The van der Waals surface area contributed by atoms with E-state index in [0.29, 0.717) is 18.9 Å². The summed E-state index contributed by atoms with van der Waals surface area (Å²) in [6.07, 6.45) is 1.78. The molecule has 1 N–H and O–H groups in total. The Morgan fingerprint density at radius 2 is 2.10 bits per heavy atom. The first kappa shape index (κ1) is 15.2. The van der Waals surface area contributed by atoms with E-state index in [1.807, 2.05) is 6.07 Å². The Morgan fingerprint density at radius 3 is 2.71 bits per heavy atom. The van der Waals surface area contributed by atoms with Gasteiger partial charge in [-0.15, -0.1) is 0 Å². The summed E-state index contributed by atoms with van der Waals surface area (Å²) in [5.74, 6) is 0.234. The van der Waals surface area contributed by atoms with E-state index in [2.05, 4.69) is 19.9 Å². The topological polar surface area (TPSA) is 80.8 Å². The molecule has 0 spiro atoms. The number of carbonyl (C=O) groups excluding carboxylic acids is 2. The molecule has 1 fully saturated rings. The van der Waals surface area contributed by atoms with E-state index in [9.17, 15) is 9.59 Å². The van der Waals surface area contributed by atoms with Crippen molar-refractivity contribution in [3.63, 3.8) is 0 Å². The predicted molar refractivity (Wildman–Crippen MR) is 77.1 cm³/mol. The van der Waals surface area contributed by atoms with E-state index in [-0.39, 0.29) is 18.7 Å². The normalized spacial score (nSPS) is 14.6. The van der Waals surface area contributed by atoms with Crippen molar-refractivity contribution in [3.05, 3.63) is 18.3 Å². The van der Waals surface area contributed by atoms with Crippen LogP contribution < -0.4 is 10.2 Å². The quantitative estimate of drug-likeness (QED) is 0.809. The van der Waals surface area contributed by atoms with E-state index in [1.165, 1.54) is 7.11 Å². The summed E-state index contributed by atoms with van der Waals surface area (Å²) in [5, 5.41) is 2.70. The van der Waals surface area contributed by atoms with Gasteiger partial charge >= 0.3 is 5.97 Å². The molecule has 0 bridgehead atoms. The van der Waals surface area contributed by atoms with Crippen molar-refractivity contribution < 1.29 is 19.1 Å². The van der Waals surface area contributed by atoms with Gasteiger partial charge in [0.15, 0.2) is 0 Å². The van der Waals surface area contributed by atoms with Crippen molar-refractivity contribution in [3.8, 4) is 0 Å². The van der Waals surface area contributed by atoms with Gasteiger partial charge in [0.05, 0.1) is 38.6 Å². The number of carbonyl (C=O) groups is 2. The summed E-state index contributed by atoms with van der Waals surface area (Å²) in [5.41, 5.74) is 0.613. The van der Waals surface area contributed by atoms with Crippen LogP contribution in [0.3, 0.4) is 0 Å². The standard InChI is InChI=1S/C14H19N3O4/c1-20-14(19)5-4-13(18)16-11-2-3-12(15-10-11)17-6-8-21-9-7-17/h2-3,10H,4-9H2,1H3,(H,16,18). The SMILES string of the molecule is COC(=O)CCC(=O)Nc1ccc(N2CCOCC2)nc1. The number of aromatic nitrogens is 1. The van der Waals surface area contributed by atoms with Crippen molar-refractivity contribution in [1.29, 1.82) is 0 Å². The van der Waals surface area contributed by atoms with Gasteiger partial charge in [0, 0.05) is 19.5 Å². The van der Waals surface area contributed by atoms with Crippen LogP contribution in [0.1, 0.15) is 12.8 Å². The molecule has 2 heterocycles. The van der Waals surface area contributed by atoms with E-state index in [1.54, 1.807) is 12.3 Å². The van der Waals surface area contributed by atoms with Crippen LogP contribution in [-0.2, 0) is 19.1 Å². The molecule has 21 heavy (non-hydrogen) atoms. The summed E-state index contributed by atoms with van der Waals surface area (Å²) < 4.78 is 9.78. The second-order valence-electron chi connectivity index (χ2n) is 4.63. The van der Waals surface area contributed by atoms with Gasteiger partial charge in [-0.25, -0.2) is 4.98 Å². The van der Waals surface area contributed by atoms with Gasteiger partial charge in [0.2, 0.25) is 5.91 Å². The first-order chi connectivity index (χ1) is 10.2. The lowest BCUT2D eigenvalue weighted by molar-refractivity contribution is -0.141. The Hall–Kier alpha value is -2.15. The van der Waals surface area contributed by atoms with E-state index >= 15 is 0 Å². The second kappa shape index (κ2) is 7.58. The van der Waals surface area contributed by atoms with Crippen molar-refractivity contribution in [2.24, 2.45) is 0 Å². The van der Waals surface area contributed by atoms with Crippen LogP contribution in [0, 0.1) is 0 Å². The molecule has 1 amide bonds. The molecule has 7 heteroatoms. The molecule has 1 aromatic heterocycles. The zero-order chi connectivity index (χ0) is 15.1. The van der Waals surface area contributed by atoms with Gasteiger partial charge in [0.25, 0.3) is 0 Å². The van der Waals surface area contributed by atoms with Crippen LogP contribution in [0.4, 0.5) is 11.5 Å². The lowest BCUT2D eigenvalue weighted by Gasteiger charge is -2.27. The molecule has 1 saturated heterocycles. The third-order valence-corrected chi connectivity index (χ3v) is 3.15. The molecule has 1 aliphatic heterocycles. The number of amides is 1. The lowest BCUT2D eigenvalue weighted by atomic mass is 10.3. The molecule has 0 saturated carbocycles. The Balaban J connectivity index is 1.84. The molecular weight excluding hydrogens is 274 g/mol. The van der Waals surface area contributed by atoms with Crippen LogP contribution in [0.15, 0.2) is 18.3 Å². The fourth-order valence-corrected chi connectivity index (χ4v) is 1.98. The van der Waals surface area contributed by atoms with Crippen molar-refractivity contribution >= 4 is 23.4 Å². The third-order valence-electron chi connectivity index (χ3n) is 3.15. The van der Waals surface area contributed by atoms with Gasteiger partial charge in [-0.05, 0) is 12.1 Å². The summed E-state index contributed by atoms with van der Waals surface area (Å²) in [4.78, 5) is 29.1. The Labute approximate surface area is 123 Å². The largest absolute Gasteiger partial charge is 0.469 e. The predicted octanol–water partition coefficient (Wildman–Crippen LogP) is 0.810. The summed E-state index contributed by atoms with van der Waals surface area (Å²) in [6.45, 7) is 3.04. The average molecular weight is 293 g/mol. The Morgan fingerprint density at radius 1 is 1.33 bits per heavy atom. The highest BCUT2D eigenvalue weighted by molar-refractivity contribution is 5.92. The van der Waals surface area contributed by atoms with Gasteiger partial charge < -0.3 is 19.7 Å². The molecule has 1 aromatic rings. The first-order valence-electron chi connectivity index (χ1n) is 6.84. The number of morpholine rings is 1. The highest BCUT2D eigenvalue weighted by Gasteiger charge is 2.12. The van der Waals surface area contributed by atoms with Crippen LogP contribution in [0.5, 0.6) is 0 Å². The second-order valence-corrected chi connectivity index (χ2v) is 4.63. The van der Waals surface area contributed by atoms with Crippen molar-refractivity contribution in [2.45, 2.75) is 12.8 Å². The van der Waals surface area contributed by atoms with Gasteiger partial charge in [-0.1, -0.05) is 0 Å². The summed E-state index contributed by atoms with van der Waals surface area (Å²) in [6, 6.07) is 3.66. The van der Waals surface area contributed by atoms with Gasteiger partial charge in [-0.2, -0.15) is 0 Å². The number of esters is 1. The molecule has 0 unspecified atom stereocenters. The fourth-order valence-electron chi connectivity index (χ4n) is 1.98. The Kier molecular flexibility index (Phi) is 5.51. The number of pyridine rings is 1. The fraction of sp³-hybridized carbons (Fsp3) is 0.500. The zero-order valence-corrected chi connectivity index (χ0v) is 12.0. The summed E-state index contributed by atoms with van der Waals surface area (Å²) >= 11 is 0. The number of anilines is 2. The highest BCUT2D eigenvalue weighted by Crippen LogP contribution is 2.15. The lowest BCUT2D eigenvalue weighted by Crippen LogP contribution is -2.36. The first-order valence-corrected chi connectivity index (χ1v) is 6.84. The van der Waals surface area contributed by atoms with Gasteiger partial charge in [0.1, 0.15) is 5.82 Å². The van der Waals surface area contributed by atoms with Crippen molar-refractivity contribution in [2.75, 3.05) is 43.6 Å². The number of methoxy groups -OCH3 is 1. The molecule has 0 aliphatic carbocycles. The van der Waals surface area contributed by atoms with Gasteiger partial charge in [-0.3, -0.25) is 9.59 Å². The number of ether oxygens (including phenoxy) is 2. The van der Waals surface area contributed by atoms with Crippen LogP contribution in [0.25, 0.3) is 0 Å². The number of hydrogen-bond donors (Lipinski definition) is 1. The maximum Gasteiger partial charge on any atom is 0.306 e. The minimum atomic E-state index is -0.397. The minimum Gasteiger partial charge on any atom is -0.469 e. The number of nitrogens with one attached hydrogen (secondary N) is 1. The highest BCUT2D eigenvalue weighted by atomic mass is 16.5. The molecule has 0 atom stereocenters. The maximum atomic E-state index is 11.6. The van der Waals surface area contributed by atoms with E-state index < -0.39 is 5.97 Å². The van der Waals surface area contributed by atoms with Crippen molar-refractivity contribution in [1.82, 2.24) is 4.98 Å². The number of hydrogen-bond acceptors (Lipinski definition) is 6.